The number of carbonyl (C=O) groups excluding carboxylic acids is 1. The van der Waals surface area contributed by atoms with Gasteiger partial charge in [-0.15, -0.1) is 0 Å². The van der Waals surface area contributed by atoms with E-state index in [1.165, 1.54) is 26.1 Å². The Labute approximate surface area is 240 Å². The van der Waals surface area contributed by atoms with E-state index in [1.807, 2.05) is 19.1 Å². The maximum atomic E-state index is 14.8. The standard InChI is InChI=1S/C30H39FN8O2/c1-19(29(32)40)27-20(2)35-18-36-30(27)39-13-8-21(9-14-39)28-25(33-10-15-38-11-4-5-12-38)7-6-24(37-28)22-16-26(41-3)34-17-23(22)31/h6-7,16-19,21,33H,4-5,8-15H2,1-3H3,(H2,32,40). The molecule has 5 heterocycles. The largest absolute Gasteiger partial charge is 0.481 e. The Hall–Kier alpha value is -3.86. The average molecular weight is 563 g/mol. The summed E-state index contributed by atoms with van der Waals surface area (Å²) >= 11 is 0. The summed E-state index contributed by atoms with van der Waals surface area (Å²) < 4.78 is 20.1. The first kappa shape index (κ1) is 28.7. The number of likely N-dealkylation sites (tertiary alicyclic amines) is 1. The Kier molecular flexibility index (Phi) is 8.92. The molecule has 11 heteroatoms. The number of pyridine rings is 2. The minimum absolute atomic E-state index is 0.159. The van der Waals surface area contributed by atoms with E-state index in [9.17, 15) is 9.18 Å². The fraction of sp³-hybridized carbons (Fsp3) is 0.500. The first-order valence-electron chi connectivity index (χ1n) is 14.4. The van der Waals surface area contributed by atoms with E-state index in [-0.39, 0.29) is 5.92 Å². The van der Waals surface area contributed by atoms with Gasteiger partial charge in [0.25, 0.3) is 0 Å². The Balaban J connectivity index is 1.40. The molecule has 2 aliphatic rings. The van der Waals surface area contributed by atoms with Crippen LogP contribution in [-0.2, 0) is 4.79 Å². The number of rotatable bonds is 10. The highest BCUT2D eigenvalue weighted by atomic mass is 19.1. The number of nitrogens with zero attached hydrogens (tertiary/aromatic N) is 6. The van der Waals surface area contributed by atoms with Gasteiger partial charge in [-0.3, -0.25) is 9.78 Å². The summed E-state index contributed by atoms with van der Waals surface area (Å²) in [5.41, 5.74) is 10.0. The lowest BCUT2D eigenvalue weighted by molar-refractivity contribution is -0.119. The van der Waals surface area contributed by atoms with Gasteiger partial charge < -0.3 is 25.6 Å². The predicted octanol–water partition coefficient (Wildman–Crippen LogP) is 3.87. The predicted molar refractivity (Wildman–Crippen MR) is 157 cm³/mol. The number of piperidine rings is 1. The first-order valence-corrected chi connectivity index (χ1v) is 14.4. The number of nitrogens with one attached hydrogen (secondary N) is 1. The molecule has 3 N–H and O–H groups in total. The summed E-state index contributed by atoms with van der Waals surface area (Å²) in [6, 6.07) is 5.46. The Bertz CT molecular complexity index is 1370. The van der Waals surface area contributed by atoms with Crippen molar-refractivity contribution in [2.24, 2.45) is 5.73 Å². The lowest BCUT2D eigenvalue weighted by atomic mass is 9.90. The number of amides is 1. The van der Waals surface area contributed by atoms with Gasteiger partial charge in [-0.2, -0.15) is 0 Å². The van der Waals surface area contributed by atoms with Gasteiger partial charge in [0.2, 0.25) is 11.8 Å². The van der Waals surface area contributed by atoms with Crippen LogP contribution in [-0.4, -0.2) is 77.1 Å². The van der Waals surface area contributed by atoms with Crippen molar-refractivity contribution in [1.29, 1.82) is 0 Å². The number of ether oxygens (including phenoxy) is 1. The Morgan fingerprint density at radius 2 is 1.93 bits per heavy atom. The summed E-state index contributed by atoms with van der Waals surface area (Å²) in [4.78, 5) is 34.6. The van der Waals surface area contributed by atoms with Crippen LogP contribution in [0.5, 0.6) is 5.88 Å². The van der Waals surface area contributed by atoms with Crippen molar-refractivity contribution in [3.63, 3.8) is 0 Å². The Morgan fingerprint density at radius 1 is 1.17 bits per heavy atom. The maximum absolute atomic E-state index is 14.8. The summed E-state index contributed by atoms with van der Waals surface area (Å²) in [6.45, 7) is 9.23. The third kappa shape index (κ3) is 6.40. The molecule has 0 saturated carbocycles. The van der Waals surface area contributed by atoms with Crippen molar-refractivity contribution in [3.8, 4) is 17.1 Å². The van der Waals surface area contributed by atoms with E-state index in [0.29, 0.717) is 17.1 Å². The minimum Gasteiger partial charge on any atom is -0.481 e. The van der Waals surface area contributed by atoms with Crippen molar-refractivity contribution in [1.82, 2.24) is 24.8 Å². The molecule has 3 aromatic rings. The third-order valence-electron chi connectivity index (χ3n) is 8.29. The minimum atomic E-state index is -0.485. The van der Waals surface area contributed by atoms with Crippen LogP contribution in [0, 0.1) is 12.7 Å². The number of carbonyl (C=O) groups is 1. The molecule has 2 saturated heterocycles. The summed E-state index contributed by atoms with van der Waals surface area (Å²) in [5, 5.41) is 3.62. The summed E-state index contributed by atoms with van der Waals surface area (Å²) in [6.07, 6.45) is 6.88. The molecule has 3 aromatic heterocycles. The summed E-state index contributed by atoms with van der Waals surface area (Å²) in [7, 11) is 1.51. The monoisotopic (exact) mass is 562 g/mol. The normalized spacial score (nSPS) is 17.0. The molecule has 2 aliphatic heterocycles. The number of methoxy groups -OCH3 is 1. The molecule has 0 radical (unpaired) electrons. The molecular weight excluding hydrogens is 523 g/mol. The van der Waals surface area contributed by atoms with E-state index < -0.39 is 17.6 Å². The van der Waals surface area contributed by atoms with E-state index in [0.717, 1.165) is 80.6 Å². The highest BCUT2D eigenvalue weighted by Crippen LogP contribution is 2.37. The van der Waals surface area contributed by atoms with Crippen LogP contribution < -0.4 is 20.7 Å². The van der Waals surface area contributed by atoms with Gasteiger partial charge in [-0.25, -0.2) is 19.3 Å². The average Bonchev–Trinajstić information content (AvgIpc) is 3.51. The molecule has 1 unspecified atom stereocenters. The second-order valence-corrected chi connectivity index (χ2v) is 10.9. The topological polar surface area (TPSA) is 122 Å². The number of aryl methyl sites for hydroxylation is 1. The van der Waals surface area contributed by atoms with Crippen LogP contribution in [0.3, 0.4) is 0 Å². The molecule has 0 spiro atoms. The maximum Gasteiger partial charge on any atom is 0.224 e. The third-order valence-corrected chi connectivity index (χ3v) is 8.29. The molecule has 1 atom stereocenters. The smallest absolute Gasteiger partial charge is 0.224 e. The molecule has 2 fully saturated rings. The molecule has 10 nitrogen and oxygen atoms in total. The quantitative estimate of drug-likeness (QED) is 0.379. The number of anilines is 2. The molecule has 5 rings (SSSR count). The fourth-order valence-corrected chi connectivity index (χ4v) is 5.90. The zero-order chi connectivity index (χ0) is 28.9. The highest BCUT2D eigenvalue weighted by Gasteiger charge is 2.29. The van der Waals surface area contributed by atoms with E-state index in [1.54, 1.807) is 19.3 Å². The van der Waals surface area contributed by atoms with Crippen molar-refractivity contribution < 1.29 is 13.9 Å². The molecule has 218 valence electrons. The molecular formula is C30H39FN8O2. The van der Waals surface area contributed by atoms with Crippen LogP contribution in [0.4, 0.5) is 15.9 Å². The highest BCUT2D eigenvalue weighted by molar-refractivity contribution is 5.83. The van der Waals surface area contributed by atoms with Crippen LogP contribution in [0.2, 0.25) is 0 Å². The number of primary amides is 1. The number of halogens is 1. The van der Waals surface area contributed by atoms with E-state index in [2.05, 4.69) is 30.1 Å². The van der Waals surface area contributed by atoms with Crippen LogP contribution in [0.15, 0.2) is 30.7 Å². The van der Waals surface area contributed by atoms with Gasteiger partial charge in [0.1, 0.15) is 12.1 Å². The Morgan fingerprint density at radius 3 is 2.63 bits per heavy atom. The van der Waals surface area contributed by atoms with Crippen molar-refractivity contribution >= 4 is 17.4 Å². The van der Waals surface area contributed by atoms with Gasteiger partial charge in [-0.1, -0.05) is 0 Å². The van der Waals surface area contributed by atoms with Crippen molar-refractivity contribution in [2.75, 3.05) is 56.6 Å². The summed E-state index contributed by atoms with van der Waals surface area (Å²) in [5.74, 6) is -0.0623. The molecule has 1 amide bonds. The molecule has 0 aromatic carbocycles. The van der Waals surface area contributed by atoms with Gasteiger partial charge in [0.15, 0.2) is 5.82 Å². The number of aromatic nitrogens is 4. The second kappa shape index (κ2) is 12.8. The molecule has 0 aliphatic carbocycles. The lowest BCUT2D eigenvalue weighted by Gasteiger charge is -2.35. The number of hydrogen-bond donors (Lipinski definition) is 2. The lowest BCUT2D eigenvalue weighted by Crippen LogP contribution is -2.36. The number of hydrogen-bond acceptors (Lipinski definition) is 9. The fourth-order valence-electron chi connectivity index (χ4n) is 5.90. The zero-order valence-corrected chi connectivity index (χ0v) is 24.1. The van der Waals surface area contributed by atoms with Crippen LogP contribution in [0.25, 0.3) is 11.3 Å². The van der Waals surface area contributed by atoms with Gasteiger partial charge in [0.05, 0.1) is 36.3 Å². The number of nitrogens with two attached hydrogens (primary N) is 1. The van der Waals surface area contributed by atoms with E-state index >= 15 is 0 Å². The van der Waals surface area contributed by atoms with Crippen molar-refractivity contribution in [3.05, 3.63) is 53.5 Å². The zero-order valence-electron chi connectivity index (χ0n) is 24.1. The molecule has 0 bridgehead atoms. The van der Waals surface area contributed by atoms with E-state index in [4.69, 9.17) is 15.5 Å². The molecule has 41 heavy (non-hydrogen) atoms. The van der Waals surface area contributed by atoms with Gasteiger partial charge >= 0.3 is 0 Å². The van der Waals surface area contributed by atoms with Crippen molar-refractivity contribution in [2.45, 2.75) is 51.4 Å². The van der Waals surface area contributed by atoms with Crippen LogP contribution in [0.1, 0.15) is 61.4 Å². The first-order chi connectivity index (χ1) is 19.9. The SMILES string of the molecule is COc1cc(-c2ccc(NCCN3CCCC3)c(C3CCN(c4ncnc(C)c4C(C)C(N)=O)CC3)n2)c(F)cn1. The van der Waals surface area contributed by atoms with Crippen LogP contribution >= 0.6 is 0 Å². The second-order valence-electron chi connectivity index (χ2n) is 10.9. The van der Waals surface area contributed by atoms with Gasteiger partial charge in [-0.05, 0) is 64.8 Å². The van der Waals surface area contributed by atoms with Gasteiger partial charge in [0, 0.05) is 55.0 Å².